The van der Waals surface area contributed by atoms with Gasteiger partial charge in [0.2, 0.25) is 0 Å². The zero-order valence-corrected chi connectivity index (χ0v) is 12.3. The van der Waals surface area contributed by atoms with E-state index in [2.05, 4.69) is 36.4 Å². The van der Waals surface area contributed by atoms with E-state index in [1.807, 2.05) is 0 Å². The third-order valence-corrected chi connectivity index (χ3v) is 4.19. The lowest BCUT2D eigenvalue weighted by Gasteiger charge is -2.19. The van der Waals surface area contributed by atoms with Gasteiger partial charge in [-0.15, -0.1) is 18.2 Å². The summed E-state index contributed by atoms with van der Waals surface area (Å²) in [6, 6.07) is 6.82. The summed E-state index contributed by atoms with van der Waals surface area (Å²) in [4.78, 5) is 0. The van der Waals surface area contributed by atoms with Crippen LogP contribution in [0.25, 0.3) is 0 Å². The van der Waals surface area contributed by atoms with Crippen molar-refractivity contribution in [2.24, 2.45) is 0 Å². The minimum atomic E-state index is 0.406. The van der Waals surface area contributed by atoms with Gasteiger partial charge in [0.05, 0.1) is 12.4 Å². The maximum atomic E-state index is 5.88. The Morgan fingerprint density at radius 1 is 1.53 bits per heavy atom. The predicted molar refractivity (Wildman–Crippen MR) is 82.8 cm³/mol. The fourth-order valence-electron chi connectivity index (χ4n) is 2.41. The van der Waals surface area contributed by atoms with Crippen LogP contribution in [0.3, 0.4) is 0 Å². The molecule has 0 aliphatic carbocycles. The summed E-state index contributed by atoms with van der Waals surface area (Å²) in [5.74, 6) is 5.59. The second kappa shape index (κ2) is 7.47. The Bertz CT molecular complexity index is 453. The number of nitrogens with one attached hydrogen (secondary N) is 1. The van der Waals surface area contributed by atoms with E-state index in [1.165, 1.54) is 11.1 Å². The fourth-order valence-corrected chi connectivity index (χ4v) is 2.94. The molecule has 0 spiro atoms. The lowest BCUT2D eigenvalue weighted by Crippen LogP contribution is -2.23. The first-order valence-electron chi connectivity index (χ1n) is 6.80. The summed E-state index contributed by atoms with van der Waals surface area (Å²) in [5, 5.41) is 3.63. The van der Waals surface area contributed by atoms with Crippen LogP contribution in [0.1, 0.15) is 30.0 Å². The van der Waals surface area contributed by atoms with Crippen LogP contribution >= 0.6 is 11.8 Å². The van der Waals surface area contributed by atoms with Gasteiger partial charge in [0.15, 0.2) is 0 Å². The van der Waals surface area contributed by atoms with Crippen molar-refractivity contribution in [3.05, 3.63) is 29.3 Å². The van der Waals surface area contributed by atoms with Crippen molar-refractivity contribution in [2.45, 2.75) is 25.8 Å². The Hall–Kier alpha value is -1.11. The smallest absolute Gasteiger partial charge is 0.126 e. The van der Waals surface area contributed by atoms with E-state index >= 15 is 0 Å². The molecule has 1 aliphatic rings. The summed E-state index contributed by atoms with van der Waals surface area (Å²) in [7, 11) is 0. The molecule has 0 fully saturated rings. The van der Waals surface area contributed by atoms with E-state index in [0.29, 0.717) is 6.04 Å². The molecular weight excluding hydrogens is 254 g/mol. The highest BCUT2D eigenvalue weighted by Gasteiger charge is 2.20. The average Bonchev–Trinajstić information content (AvgIpc) is 2.62. The van der Waals surface area contributed by atoms with Crippen molar-refractivity contribution in [1.29, 1.82) is 0 Å². The van der Waals surface area contributed by atoms with E-state index in [0.717, 1.165) is 43.2 Å². The van der Waals surface area contributed by atoms with Crippen molar-refractivity contribution in [2.75, 3.05) is 24.7 Å². The number of aryl methyl sites for hydroxylation is 1. The number of thioether (sulfide) groups is 1. The van der Waals surface area contributed by atoms with Crippen LogP contribution in [0.2, 0.25) is 0 Å². The van der Waals surface area contributed by atoms with Gasteiger partial charge in [-0.25, -0.2) is 0 Å². The number of fused-ring (bicyclic) bond motifs is 1. The molecule has 3 heteroatoms. The molecule has 0 saturated carbocycles. The molecule has 19 heavy (non-hydrogen) atoms. The number of terminal acetylenes is 1. The highest BCUT2D eigenvalue weighted by atomic mass is 32.2. The van der Waals surface area contributed by atoms with Gasteiger partial charge in [0, 0.05) is 23.9 Å². The van der Waals surface area contributed by atoms with Gasteiger partial charge in [0.25, 0.3) is 0 Å². The van der Waals surface area contributed by atoms with Crippen LogP contribution in [-0.4, -0.2) is 24.7 Å². The lowest BCUT2D eigenvalue weighted by molar-refractivity contribution is 0.313. The fraction of sp³-hybridized carbons (Fsp3) is 0.500. The highest BCUT2D eigenvalue weighted by molar-refractivity contribution is 7.99. The predicted octanol–water partition coefficient (Wildman–Crippen LogP) is 3.16. The van der Waals surface area contributed by atoms with E-state index in [-0.39, 0.29) is 0 Å². The molecule has 1 aromatic carbocycles. The Morgan fingerprint density at radius 3 is 3.26 bits per heavy atom. The first kappa shape index (κ1) is 14.3. The molecule has 1 aliphatic heterocycles. The third kappa shape index (κ3) is 3.92. The van der Waals surface area contributed by atoms with Crippen molar-refractivity contribution >= 4 is 11.8 Å². The molecule has 2 nitrogen and oxygen atoms in total. The Balaban J connectivity index is 1.98. The van der Waals surface area contributed by atoms with Gasteiger partial charge < -0.3 is 10.1 Å². The number of benzene rings is 1. The summed E-state index contributed by atoms with van der Waals surface area (Å²) in [6.45, 7) is 3.93. The van der Waals surface area contributed by atoms with Crippen LogP contribution in [0.15, 0.2) is 18.2 Å². The van der Waals surface area contributed by atoms with Crippen LogP contribution in [-0.2, 0) is 0 Å². The topological polar surface area (TPSA) is 21.3 Å². The maximum Gasteiger partial charge on any atom is 0.126 e. The Kier molecular flexibility index (Phi) is 5.62. The molecule has 1 aromatic rings. The normalized spacial score (nSPS) is 18.0. The second-order valence-corrected chi connectivity index (χ2v) is 5.85. The van der Waals surface area contributed by atoms with Crippen LogP contribution in [0, 0.1) is 19.3 Å². The number of ether oxygens (including phenoxy) is 1. The van der Waals surface area contributed by atoms with Crippen molar-refractivity contribution in [1.82, 2.24) is 5.32 Å². The molecule has 0 saturated heterocycles. The molecule has 0 bridgehead atoms. The van der Waals surface area contributed by atoms with Gasteiger partial charge in [-0.1, -0.05) is 24.1 Å². The first-order chi connectivity index (χ1) is 9.33. The Morgan fingerprint density at radius 2 is 2.42 bits per heavy atom. The van der Waals surface area contributed by atoms with E-state index in [4.69, 9.17) is 11.2 Å². The number of para-hydroxylation sites is 1. The second-order valence-electron chi connectivity index (χ2n) is 4.75. The monoisotopic (exact) mass is 275 g/mol. The molecule has 0 aromatic heterocycles. The average molecular weight is 275 g/mol. The first-order valence-corrected chi connectivity index (χ1v) is 7.95. The zero-order valence-electron chi connectivity index (χ0n) is 11.4. The number of hydrogen-bond acceptors (Lipinski definition) is 3. The van der Waals surface area contributed by atoms with E-state index < -0.39 is 0 Å². The zero-order chi connectivity index (χ0) is 13.5. The summed E-state index contributed by atoms with van der Waals surface area (Å²) in [6.07, 6.45) is 7.48. The molecule has 0 radical (unpaired) electrons. The van der Waals surface area contributed by atoms with Crippen molar-refractivity contribution in [3.8, 4) is 18.1 Å². The standard InChI is InChI=1S/C16H21NOS/c1-3-11-19-12-9-17-15-8-5-10-18-16-13(2)6-4-7-14(15)16/h1,4,6-7,15,17H,5,8-12H2,2H3. The van der Waals surface area contributed by atoms with Gasteiger partial charge in [-0.3, -0.25) is 0 Å². The van der Waals surface area contributed by atoms with E-state index in [9.17, 15) is 0 Å². The van der Waals surface area contributed by atoms with Gasteiger partial charge in [-0.05, 0) is 25.3 Å². The minimum absolute atomic E-state index is 0.406. The molecule has 2 rings (SSSR count). The van der Waals surface area contributed by atoms with Gasteiger partial charge in [-0.2, -0.15) is 0 Å². The lowest BCUT2D eigenvalue weighted by atomic mass is 10.00. The van der Waals surface area contributed by atoms with Crippen molar-refractivity contribution < 1.29 is 4.74 Å². The molecular formula is C16H21NOS. The van der Waals surface area contributed by atoms with E-state index in [1.54, 1.807) is 11.8 Å². The van der Waals surface area contributed by atoms with Crippen molar-refractivity contribution in [3.63, 3.8) is 0 Å². The summed E-state index contributed by atoms with van der Waals surface area (Å²) < 4.78 is 5.88. The number of hydrogen-bond donors (Lipinski definition) is 1. The molecule has 1 N–H and O–H groups in total. The molecule has 1 heterocycles. The SMILES string of the molecule is C#CCSCCNC1CCCOc2c(C)cccc21. The highest BCUT2D eigenvalue weighted by Crippen LogP contribution is 2.33. The number of rotatable bonds is 5. The molecule has 1 atom stereocenters. The largest absolute Gasteiger partial charge is 0.493 e. The summed E-state index contributed by atoms with van der Waals surface area (Å²) in [5.41, 5.74) is 2.53. The van der Waals surface area contributed by atoms with Crippen LogP contribution in [0.5, 0.6) is 5.75 Å². The Labute approximate surface area is 120 Å². The van der Waals surface area contributed by atoms with Crippen LogP contribution < -0.4 is 10.1 Å². The quantitative estimate of drug-likeness (QED) is 0.659. The molecule has 102 valence electrons. The van der Waals surface area contributed by atoms with Gasteiger partial charge in [0.1, 0.15) is 5.75 Å². The molecule has 0 amide bonds. The minimum Gasteiger partial charge on any atom is -0.493 e. The summed E-state index contributed by atoms with van der Waals surface area (Å²) >= 11 is 1.80. The van der Waals surface area contributed by atoms with Gasteiger partial charge >= 0.3 is 0 Å². The molecule has 1 unspecified atom stereocenters. The van der Waals surface area contributed by atoms with Crippen LogP contribution in [0.4, 0.5) is 0 Å². The maximum absolute atomic E-state index is 5.88. The third-order valence-electron chi connectivity index (χ3n) is 3.32.